The number of ether oxygens (including phenoxy) is 1. The zero-order valence-electron chi connectivity index (χ0n) is 17.2. The summed E-state index contributed by atoms with van der Waals surface area (Å²) < 4.78 is 5.44. The van der Waals surface area contributed by atoms with Crippen molar-refractivity contribution in [3.63, 3.8) is 0 Å². The number of amides is 1. The van der Waals surface area contributed by atoms with Gasteiger partial charge >= 0.3 is 0 Å². The van der Waals surface area contributed by atoms with Crippen LogP contribution >= 0.6 is 0 Å². The van der Waals surface area contributed by atoms with Crippen molar-refractivity contribution >= 4 is 5.91 Å². The summed E-state index contributed by atoms with van der Waals surface area (Å²) in [6, 6.07) is 26.9. The minimum Gasteiger partial charge on any atom is -0.379 e. The first-order valence-corrected chi connectivity index (χ1v) is 10.6. The van der Waals surface area contributed by atoms with Crippen LogP contribution in [0.4, 0.5) is 0 Å². The van der Waals surface area contributed by atoms with Crippen LogP contribution in [0.2, 0.25) is 0 Å². The van der Waals surface area contributed by atoms with Crippen molar-refractivity contribution < 1.29 is 9.53 Å². The van der Waals surface area contributed by atoms with Gasteiger partial charge in [-0.2, -0.15) is 0 Å². The van der Waals surface area contributed by atoms with E-state index in [4.69, 9.17) is 4.74 Å². The molecule has 4 heteroatoms. The van der Waals surface area contributed by atoms with Gasteiger partial charge in [-0.15, -0.1) is 0 Å². The maximum absolute atomic E-state index is 12.5. The van der Waals surface area contributed by atoms with Crippen LogP contribution in [0.15, 0.2) is 78.9 Å². The Bertz CT molecular complexity index is 948. The average molecular weight is 401 g/mol. The van der Waals surface area contributed by atoms with Gasteiger partial charge in [-0.1, -0.05) is 78.9 Å². The number of nitrogens with one attached hydrogen (secondary N) is 1. The third-order valence-electron chi connectivity index (χ3n) is 5.52. The Morgan fingerprint density at radius 2 is 1.43 bits per heavy atom. The molecule has 1 amide bonds. The Morgan fingerprint density at radius 1 is 0.800 bits per heavy atom. The highest BCUT2D eigenvalue weighted by atomic mass is 16.5. The van der Waals surface area contributed by atoms with E-state index in [0.29, 0.717) is 13.0 Å². The van der Waals surface area contributed by atoms with Crippen molar-refractivity contribution in [3.05, 3.63) is 95.6 Å². The molecule has 3 aromatic carbocycles. The summed E-state index contributed by atoms with van der Waals surface area (Å²) in [6.45, 7) is 4.96. The number of carbonyl (C=O) groups excluding carboxylic acids is 1. The fourth-order valence-electron chi connectivity index (χ4n) is 3.77. The van der Waals surface area contributed by atoms with Crippen molar-refractivity contribution in [1.82, 2.24) is 10.2 Å². The molecule has 0 saturated carbocycles. The monoisotopic (exact) mass is 400 g/mol. The first kappa shape index (κ1) is 20.3. The molecule has 154 valence electrons. The summed E-state index contributed by atoms with van der Waals surface area (Å²) in [4.78, 5) is 14.9. The molecule has 0 bridgehead atoms. The normalized spacial score (nSPS) is 14.4. The summed E-state index contributed by atoms with van der Waals surface area (Å²) in [7, 11) is 0. The molecule has 0 atom stereocenters. The molecule has 30 heavy (non-hydrogen) atoms. The van der Waals surface area contributed by atoms with Gasteiger partial charge < -0.3 is 10.1 Å². The Hall–Kier alpha value is -2.95. The van der Waals surface area contributed by atoms with Gasteiger partial charge in [0.2, 0.25) is 5.91 Å². The van der Waals surface area contributed by atoms with Crippen molar-refractivity contribution in [2.24, 2.45) is 0 Å². The van der Waals surface area contributed by atoms with E-state index in [1.165, 1.54) is 16.7 Å². The topological polar surface area (TPSA) is 41.6 Å². The van der Waals surface area contributed by atoms with Crippen molar-refractivity contribution in [2.45, 2.75) is 19.5 Å². The fraction of sp³-hybridized carbons (Fsp3) is 0.269. The highest BCUT2D eigenvalue weighted by molar-refractivity contribution is 5.79. The molecule has 4 nitrogen and oxygen atoms in total. The van der Waals surface area contributed by atoms with Crippen LogP contribution in [0.25, 0.3) is 11.1 Å². The standard InChI is InChI=1S/C26H28N2O2/c29-26(18-21-10-12-23(13-11-21)22-6-2-1-3-7-22)27-19-24-8-4-5-9-25(24)20-28-14-16-30-17-15-28/h1-13H,14-20H2,(H,27,29). The van der Waals surface area contributed by atoms with Crippen molar-refractivity contribution in [3.8, 4) is 11.1 Å². The molecule has 1 saturated heterocycles. The summed E-state index contributed by atoms with van der Waals surface area (Å²) in [6.07, 6.45) is 0.390. The zero-order chi connectivity index (χ0) is 20.6. The van der Waals surface area contributed by atoms with Crippen LogP contribution < -0.4 is 5.32 Å². The van der Waals surface area contributed by atoms with E-state index in [9.17, 15) is 4.79 Å². The van der Waals surface area contributed by atoms with E-state index in [0.717, 1.165) is 44.0 Å². The van der Waals surface area contributed by atoms with Gasteiger partial charge in [0.05, 0.1) is 19.6 Å². The van der Waals surface area contributed by atoms with Gasteiger partial charge in [-0.05, 0) is 27.8 Å². The third-order valence-corrected chi connectivity index (χ3v) is 5.52. The third kappa shape index (κ3) is 5.56. The Morgan fingerprint density at radius 3 is 2.17 bits per heavy atom. The summed E-state index contributed by atoms with van der Waals surface area (Å²) in [5, 5.41) is 3.09. The summed E-state index contributed by atoms with van der Waals surface area (Å²) >= 11 is 0. The number of nitrogens with zero attached hydrogens (tertiary/aromatic N) is 1. The number of hydrogen-bond donors (Lipinski definition) is 1. The van der Waals surface area contributed by atoms with E-state index < -0.39 is 0 Å². The second kappa shape index (κ2) is 10.2. The van der Waals surface area contributed by atoms with Crippen LogP contribution in [0.3, 0.4) is 0 Å². The van der Waals surface area contributed by atoms with E-state index in [1.54, 1.807) is 0 Å². The Labute approximate surface area is 178 Å². The first-order chi connectivity index (χ1) is 14.8. The van der Waals surface area contributed by atoms with E-state index >= 15 is 0 Å². The van der Waals surface area contributed by atoms with Gasteiger partial charge in [-0.3, -0.25) is 9.69 Å². The lowest BCUT2D eigenvalue weighted by Gasteiger charge is -2.27. The van der Waals surface area contributed by atoms with Crippen LogP contribution in [-0.2, 0) is 29.0 Å². The molecule has 1 fully saturated rings. The molecule has 0 radical (unpaired) electrons. The zero-order valence-corrected chi connectivity index (χ0v) is 17.2. The summed E-state index contributed by atoms with van der Waals surface area (Å²) in [5.41, 5.74) is 5.82. The number of rotatable bonds is 7. The minimum atomic E-state index is 0.0450. The molecule has 1 heterocycles. The lowest BCUT2D eigenvalue weighted by molar-refractivity contribution is -0.120. The number of morpholine rings is 1. The van der Waals surface area contributed by atoms with Gasteiger partial charge in [0.1, 0.15) is 0 Å². The van der Waals surface area contributed by atoms with Gasteiger partial charge in [-0.25, -0.2) is 0 Å². The lowest BCUT2D eigenvalue weighted by Crippen LogP contribution is -2.36. The van der Waals surface area contributed by atoms with E-state index in [-0.39, 0.29) is 5.91 Å². The van der Waals surface area contributed by atoms with Gasteiger partial charge in [0.15, 0.2) is 0 Å². The molecule has 3 aromatic rings. The van der Waals surface area contributed by atoms with E-state index in [1.807, 2.05) is 36.4 Å². The molecule has 1 aliphatic rings. The van der Waals surface area contributed by atoms with Crippen LogP contribution in [0, 0.1) is 0 Å². The molecule has 1 aliphatic heterocycles. The van der Waals surface area contributed by atoms with Crippen molar-refractivity contribution in [1.29, 1.82) is 0 Å². The van der Waals surface area contributed by atoms with Crippen LogP contribution in [-0.4, -0.2) is 37.1 Å². The fourth-order valence-corrected chi connectivity index (χ4v) is 3.77. The molecule has 1 N–H and O–H groups in total. The molecule has 0 aliphatic carbocycles. The first-order valence-electron chi connectivity index (χ1n) is 10.6. The number of hydrogen-bond acceptors (Lipinski definition) is 3. The van der Waals surface area contributed by atoms with Crippen LogP contribution in [0.5, 0.6) is 0 Å². The maximum atomic E-state index is 12.5. The van der Waals surface area contributed by atoms with E-state index in [2.05, 4.69) is 52.7 Å². The van der Waals surface area contributed by atoms with Gasteiger partial charge in [0.25, 0.3) is 0 Å². The predicted octanol–water partition coefficient (Wildman–Crippen LogP) is 4.04. The SMILES string of the molecule is O=C(Cc1ccc(-c2ccccc2)cc1)NCc1ccccc1CN1CCOCC1. The number of benzene rings is 3. The second-order valence-corrected chi connectivity index (χ2v) is 7.67. The Balaban J connectivity index is 1.32. The summed E-state index contributed by atoms with van der Waals surface area (Å²) in [5.74, 6) is 0.0450. The lowest BCUT2D eigenvalue weighted by atomic mass is 10.0. The Kier molecular flexibility index (Phi) is 6.91. The quantitative estimate of drug-likeness (QED) is 0.651. The largest absolute Gasteiger partial charge is 0.379 e. The molecular formula is C26H28N2O2. The molecule has 0 aromatic heterocycles. The second-order valence-electron chi connectivity index (χ2n) is 7.67. The number of carbonyl (C=O) groups is 1. The van der Waals surface area contributed by atoms with Crippen molar-refractivity contribution in [2.75, 3.05) is 26.3 Å². The highest BCUT2D eigenvalue weighted by Crippen LogP contribution is 2.19. The van der Waals surface area contributed by atoms with Gasteiger partial charge in [0, 0.05) is 26.2 Å². The highest BCUT2D eigenvalue weighted by Gasteiger charge is 2.13. The predicted molar refractivity (Wildman–Crippen MR) is 120 cm³/mol. The smallest absolute Gasteiger partial charge is 0.224 e. The molecular weight excluding hydrogens is 372 g/mol. The average Bonchev–Trinajstić information content (AvgIpc) is 2.80. The maximum Gasteiger partial charge on any atom is 0.224 e. The molecule has 0 spiro atoms. The van der Waals surface area contributed by atoms with Crippen LogP contribution in [0.1, 0.15) is 16.7 Å². The molecule has 4 rings (SSSR count). The minimum absolute atomic E-state index is 0.0450. The molecule has 0 unspecified atom stereocenters.